The molecule has 2 heterocycles. The number of aromatic hydroxyl groups is 1. The third-order valence-electron chi connectivity index (χ3n) is 4.66. The number of hydrogen-bond donors (Lipinski definition) is 2. The predicted molar refractivity (Wildman–Crippen MR) is 115 cm³/mol. The molecule has 0 unspecified atom stereocenters. The van der Waals surface area contributed by atoms with Crippen molar-refractivity contribution in [1.29, 1.82) is 0 Å². The summed E-state index contributed by atoms with van der Waals surface area (Å²) in [6.07, 6.45) is 2.70. The molecule has 4 rings (SSSR count). The van der Waals surface area contributed by atoms with E-state index >= 15 is 0 Å². The summed E-state index contributed by atoms with van der Waals surface area (Å²) in [7, 11) is 0. The zero-order valence-electron chi connectivity index (χ0n) is 15.8. The number of fused-ring (bicyclic) bond motifs is 1. The number of aromatic nitrogens is 1. The van der Waals surface area contributed by atoms with Crippen LogP contribution in [0.5, 0.6) is 5.88 Å². The average Bonchev–Trinajstić information content (AvgIpc) is 3.18. The van der Waals surface area contributed by atoms with E-state index in [0.29, 0.717) is 32.8 Å². The molecular formula is C22H16ClN3O4. The van der Waals surface area contributed by atoms with Crippen molar-refractivity contribution in [2.75, 3.05) is 0 Å². The van der Waals surface area contributed by atoms with Crippen LogP contribution in [0.25, 0.3) is 16.5 Å². The largest absolute Gasteiger partial charge is 0.494 e. The Kier molecular flexibility index (Phi) is 5.12. The van der Waals surface area contributed by atoms with Crippen LogP contribution in [-0.4, -0.2) is 21.8 Å². The number of benzene rings is 2. The number of carbonyl (C=O) groups excluding carboxylic acids is 1. The highest BCUT2D eigenvalue weighted by Crippen LogP contribution is 2.28. The number of nitrogens with one attached hydrogen (secondary N) is 1. The first-order valence-corrected chi connectivity index (χ1v) is 9.36. The number of carbonyl (C=O) groups is 1. The second-order valence-electron chi connectivity index (χ2n) is 6.46. The Morgan fingerprint density at radius 2 is 1.83 bits per heavy atom. The Morgan fingerprint density at radius 3 is 2.53 bits per heavy atom. The van der Waals surface area contributed by atoms with Gasteiger partial charge >= 0.3 is 0 Å². The molecule has 2 N–H and O–H groups in total. The summed E-state index contributed by atoms with van der Waals surface area (Å²) >= 11 is 6.25. The zero-order valence-corrected chi connectivity index (χ0v) is 16.6. The van der Waals surface area contributed by atoms with E-state index in [1.54, 1.807) is 55.5 Å². The molecule has 0 aliphatic rings. The van der Waals surface area contributed by atoms with Gasteiger partial charge in [0.05, 0.1) is 34.3 Å². The van der Waals surface area contributed by atoms with Crippen molar-refractivity contribution in [2.24, 2.45) is 5.10 Å². The molecule has 0 saturated heterocycles. The molecule has 4 aromatic rings. The summed E-state index contributed by atoms with van der Waals surface area (Å²) in [6, 6.07) is 15.0. The zero-order chi connectivity index (χ0) is 21.3. The van der Waals surface area contributed by atoms with Gasteiger partial charge in [-0.15, -0.1) is 0 Å². The van der Waals surface area contributed by atoms with Crippen molar-refractivity contribution in [3.63, 3.8) is 0 Å². The van der Waals surface area contributed by atoms with Gasteiger partial charge in [-0.1, -0.05) is 41.9 Å². The molecule has 0 atom stereocenters. The van der Waals surface area contributed by atoms with Crippen LogP contribution in [0.4, 0.5) is 0 Å². The molecule has 0 radical (unpaired) electrons. The number of rotatable bonds is 4. The van der Waals surface area contributed by atoms with Gasteiger partial charge in [-0.05, 0) is 31.2 Å². The van der Waals surface area contributed by atoms with Crippen molar-refractivity contribution in [2.45, 2.75) is 6.92 Å². The highest BCUT2D eigenvalue weighted by atomic mass is 35.5. The molecule has 8 heteroatoms. The third kappa shape index (κ3) is 3.35. The maximum absolute atomic E-state index is 13.0. The van der Waals surface area contributed by atoms with Crippen LogP contribution in [0.2, 0.25) is 5.02 Å². The molecule has 7 nitrogen and oxygen atoms in total. The summed E-state index contributed by atoms with van der Waals surface area (Å²) < 4.78 is 6.23. The predicted octanol–water partition coefficient (Wildman–Crippen LogP) is 4.02. The third-order valence-corrected chi connectivity index (χ3v) is 4.98. The molecule has 30 heavy (non-hydrogen) atoms. The van der Waals surface area contributed by atoms with Crippen LogP contribution < -0.4 is 11.0 Å². The van der Waals surface area contributed by atoms with Gasteiger partial charge in [-0.25, -0.2) is 9.99 Å². The minimum Gasteiger partial charge on any atom is -0.494 e. The van der Waals surface area contributed by atoms with E-state index in [-0.39, 0.29) is 11.4 Å². The van der Waals surface area contributed by atoms with Crippen LogP contribution in [-0.2, 0) is 0 Å². The summed E-state index contributed by atoms with van der Waals surface area (Å²) in [6.45, 7) is 1.66. The highest BCUT2D eigenvalue weighted by Gasteiger charge is 2.18. The van der Waals surface area contributed by atoms with E-state index in [1.165, 1.54) is 18.5 Å². The summed E-state index contributed by atoms with van der Waals surface area (Å²) in [5, 5.41) is 16.0. The quantitative estimate of drug-likeness (QED) is 0.384. The molecule has 0 saturated carbocycles. The number of furan rings is 1. The Hall–Kier alpha value is -3.84. The molecular weight excluding hydrogens is 406 g/mol. The number of aryl methyl sites for hydroxylation is 1. The maximum atomic E-state index is 13.0. The van der Waals surface area contributed by atoms with Crippen molar-refractivity contribution < 1.29 is 14.3 Å². The van der Waals surface area contributed by atoms with Gasteiger partial charge in [0, 0.05) is 10.8 Å². The van der Waals surface area contributed by atoms with E-state index in [9.17, 15) is 14.7 Å². The van der Waals surface area contributed by atoms with Crippen molar-refractivity contribution in [1.82, 2.24) is 9.99 Å². The summed E-state index contributed by atoms with van der Waals surface area (Å²) in [5.41, 5.74) is 2.91. The maximum Gasteiger partial charge on any atom is 0.274 e. The first-order chi connectivity index (χ1) is 14.5. The Morgan fingerprint density at radius 1 is 1.13 bits per heavy atom. The lowest BCUT2D eigenvalue weighted by Gasteiger charge is -2.14. The number of para-hydroxylation sites is 1. The molecule has 0 spiro atoms. The van der Waals surface area contributed by atoms with Gasteiger partial charge < -0.3 is 9.52 Å². The number of amides is 1. The minimum absolute atomic E-state index is 0.259. The van der Waals surface area contributed by atoms with Crippen LogP contribution in [0.3, 0.4) is 0 Å². The van der Waals surface area contributed by atoms with E-state index in [2.05, 4.69) is 10.5 Å². The van der Waals surface area contributed by atoms with Gasteiger partial charge in [0.1, 0.15) is 5.76 Å². The highest BCUT2D eigenvalue weighted by molar-refractivity contribution is 6.32. The molecule has 0 fully saturated rings. The second kappa shape index (κ2) is 7.88. The van der Waals surface area contributed by atoms with Crippen LogP contribution in [0.15, 0.2) is 75.2 Å². The SMILES string of the molecule is Cc1occc1C(=O)N/N=C/c1c(O)n(-c2ccccc2Cl)c(=O)c2ccccc12. The molecule has 0 bridgehead atoms. The molecule has 2 aromatic carbocycles. The Labute approximate surface area is 175 Å². The first-order valence-electron chi connectivity index (χ1n) is 8.98. The van der Waals surface area contributed by atoms with E-state index in [0.717, 1.165) is 4.57 Å². The fourth-order valence-electron chi connectivity index (χ4n) is 3.18. The van der Waals surface area contributed by atoms with Gasteiger partial charge in [-0.3, -0.25) is 9.59 Å². The van der Waals surface area contributed by atoms with Crippen LogP contribution in [0.1, 0.15) is 21.7 Å². The molecule has 150 valence electrons. The number of hydrogen-bond acceptors (Lipinski definition) is 5. The average molecular weight is 422 g/mol. The Bertz CT molecular complexity index is 1350. The normalized spacial score (nSPS) is 11.3. The lowest BCUT2D eigenvalue weighted by molar-refractivity contribution is 0.0953. The molecule has 1 amide bonds. The van der Waals surface area contributed by atoms with Gasteiger partial charge in [0.25, 0.3) is 11.5 Å². The fourth-order valence-corrected chi connectivity index (χ4v) is 3.40. The topological polar surface area (TPSA) is 96.8 Å². The minimum atomic E-state index is -0.458. The molecule has 0 aliphatic carbocycles. The number of halogens is 1. The van der Waals surface area contributed by atoms with E-state index in [1.807, 2.05) is 0 Å². The number of pyridine rings is 1. The lowest BCUT2D eigenvalue weighted by atomic mass is 10.1. The monoisotopic (exact) mass is 421 g/mol. The van der Waals surface area contributed by atoms with Gasteiger partial charge in [-0.2, -0.15) is 5.10 Å². The van der Waals surface area contributed by atoms with Crippen molar-refractivity contribution in [3.05, 3.63) is 93.1 Å². The lowest BCUT2D eigenvalue weighted by Crippen LogP contribution is -2.21. The Balaban J connectivity index is 1.83. The smallest absolute Gasteiger partial charge is 0.274 e. The van der Waals surface area contributed by atoms with E-state index < -0.39 is 11.5 Å². The molecule has 0 aliphatic heterocycles. The fraction of sp³-hybridized carbons (Fsp3) is 0.0455. The van der Waals surface area contributed by atoms with Gasteiger partial charge in [0.2, 0.25) is 5.88 Å². The van der Waals surface area contributed by atoms with Crippen molar-refractivity contribution in [3.8, 4) is 11.6 Å². The van der Waals surface area contributed by atoms with Gasteiger partial charge in [0.15, 0.2) is 0 Å². The summed E-state index contributed by atoms with van der Waals surface area (Å²) in [4.78, 5) is 25.3. The first kappa shape index (κ1) is 19.5. The second-order valence-corrected chi connectivity index (χ2v) is 6.87. The van der Waals surface area contributed by atoms with E-state index in [4.69, 9.17) is 16.0 Å². The number of hydrazone groups is 1. The van der Waals surface area contributed by atoms with Crippen LogP contribution >= 0.6 is 11.6 Å². The molecule has 2 aromatic heterocycles. The van der Waals surface area contributed by atoms with Crippen molar-refractivity contribution >= 4 is 34.5 Å². The number of nitrogens with zero attached hydrogens (tertiary/aromatic N) is 2. The standard InChI is InChI=1S/C22H16ClN3O4/c1-13-14(10-11-30-13)20(27)25-24-12-17-15-6-2-3-7-16(15)21(28)26(22(17)29)19-9-5-4-8-18(19)23/h2-12,29H,1H3,(H,25,27)/b24-12+. The van der Waals surface area contributed by atoms with Crippen LogP contribution in [0, 0.1) is 6.92 Å². The summed E-state index contributed by atoms with van der Waals surface area (Å²) in [5.74, 6) is -0.340.